The van der Waals surface area contributed by atoms with E-state index >= 15 is 0 Å². The monoisotopic (exact) mass is 269 g/mol. The summed E-state index contributed by atoms with van der Waals surface area (Å²) in [6.45, 7) is 0. The van der Waals surface area contributed by atoms with Crippen molar-refractivity contribution in [3.8, 4) is 5.75 Å². The average Bonchev–Trinajstić information content (AvgIpc) is 2.48. The Morgan fingerprint density at radius 2 is 1.75 bits per heavy atom. The van der Waals surface area contributed by atoms with E-state index in [2.05, 4.69) is 0 Å². The first-order valence-corrected chi connectivity index (χ1v) is 6.23. The highest BCUT2D eigenvalue weighted by molar-refractivity contribution is 5.52. The third kappa shape index (κ3) is 3.68. The molecule has 20 heavy (non-hydrogen) atoms. The maximum Gasteiger partial charge on any atom is 0.269 e. The van der Waals surface area contributed by atoms with Crippen molar-refractivity contribution >= 4 is 11.8 Å². The largest absolute Gasteiger partial charge is 0.497 e. The molecule has 0 amide bonds. The normalized spacial score (nSPS) is 10.7. The van der Waals surface area contributed by atoms with E-state index in [1.807, 2.05) is 36.4 Å². The van der Waals surface area contributed by atoms with E-state index in [1.165, 1.54) is 17.7 Å². The number of benzene rings is 2. The Labute approximate surface area is 117 Å². The summed E-state index contributed by atoms with van der Waals surface area (Å²) in [6, 6.07) is 14.4. The lowest BCUT2D eigenvalue weighted by molar-refractivity contribution is -0.384. The van der Waals surface area contributed by atoms with Gasteiger partial charge < -0.3 is 4.74 Å². The molecule has 2 aromatic rings. The first-order chi connectivity index (χ1) is 9.69. The van der Waals surface area contributed by atoms with Crippen LogP contribution in [0.2, 0.25) is 0 Å². The quantitative estimate of drug-likeness (QED) is 0.611. The molecule has 0 aliphatic carbocycles. The molecule has 0 atom stereocenters. The van der Waals surface area contributed by atoms with Crippen LogP contribution in [0.5, 0.6) is 5.75 Å². The Balaban J connectivity index is 1.96. The Kier molecular flexibility index (Phi) is 4.50. The summed E-state index contributed by atoms with van der Waals surface area (Å²) in [5.74, 6) is 0.841. The number of hydrogen-bond acceptors (Lipinski definition) is 3. The molecule has 0 saturated carbocycles. The van der Waals surface area contributed by atoms with E-state index in [0.717, 1.165) is 17.7 Å². The third-order valence-electron chi connectivity index (χ3n) is 2.93. The number of nitro benzene ring substituents is 1. The zero-order valence-corrected chi connectivity index (χ0v) is 11.2. The Morgan fingerprint density at radius 1 is 1.10 bits per heavy atom. The molecule has 0 radical (unpaired) electrons. The third-order valence-corrected chi connectivity index (χ3v) is 2.93. The minimum Gasteiger partial charge on any atom is -0.497 e. The van der Waals surface area contributed by atoms with Gasteiger partial charge in [-0.25, -0.2) is 0 Å². The smallest absolute Gasteiger partial charge is 0.269 e. The van der Waals surface area contributed by atoms with Gasteiger partial charge in [0.05, 0.1) is 12.0 Å². The average molecular weight is 269 g/mol. The van der Waals surface area contributed by atoms with Crippen LogP contribution in [-0.2, 0) is 6.42 Å². The molecule has 102 valence electrons. The summed E-state index contributed by atoms with van der Waals surface area (Å²) in [6.07, 6.45) is 4.79. The van der Waals surface area contributed by atoms with E-state index in [-0.39, 0.29) is 5.69 Å². The molecule has 0 aliphatic heterocycles. The van der Waals surface area contributed by atoms with E-state index in [0.29, 0.717) is 0 Å². The number of non-ortho nitro benzene ring substituents is 1. The van der Waals surface area contributed by atoms with E-state index in [4.69, 9.17) is 4.74 Å². The predicted molar refractivity (Wildman–Crippen MR) is 78.8 cm³/mol. The van der Waals surface area contributed by atoms with E-state index < -0.39 is 4.92 Å². The number of methoxy groups -OCH3 is 1. The fourth-order valence-electron chi connectivity index (χ4n) is 1.80. The number of allylic oxidation sites excluding steroid dienone is 1. The molecule has 0 N–H and O–H groups in total. The summed E-state index contributed by atoms with van der Waals surface area (Å²) in [4.78, 5) is 10.1. The zero-order valence-electron chi connectivity index (χ0n) is 11.2. The fourth-order valence-corrected chi connectivity index (χ4v) is 1.80. The molecule has 0 aliphatic rings. The maximum atomic E-state index is 10.5. The standard InChI is InChI=1S/C16H15NO3/c1-20-16-11-7-14(8-12-16)4-2-3-13-5-9-15(10-6-13)17(18)19/h2-3,5-12H,4H2,1H3/b3-2+. The van der Waals surface area contributed by atoms with Gasteiger partial charge in [-0.05, 0) is 41.8 Å². The van der Waals surface area contributed by atoms with Crippen LogP contribution in [-0.4, -0.2) is 12.0 Å². The highest BCUT2D eigenvalue weighted by Gasteiger charge is 2.01. The van der Waals surface area contributed by atoms with Crippen LogP contribution in [0.1, 0.15) is 11.1 Å². The number of rotatable bonds is 5. The lowest BCUT2D eigenvalue weighted by Crippen LogP contribution is -1.87. The summed E-state index contributed by atoms with van der Waals surface area (Å²) in [7, 11) is 1.64. The number of hydrogen-bond donors (Lipinski definition) is 0. The second-order valence-electron chi connectivity index (χ2n) is 4.30. The highest BCUT2D eigenvalue weighted by Crippen LogP contribution is 2.14. The predicted octanol–water partition coefficient (Wildman–Crippen LogP) is 3.86. The molecule has 2 rings (SSSR count). The molecule has 0 fully saturated rings. The van der Waals surface area contributed by atoms with Crippen LogP contribution in [0, 0.1) is 10.1 Å². The van der Waals surface area contributed by atoms with Crippen LogP contribution in [0.3, 0.4) is 0 Å². The van der Waals surface area contributed by atoms with Gasteiger partial charge in [-0.2, -0.15) is 0 Å². The zero-order chi connectivity index (χ0) is 14.4. The van der Waals surface area contributed by atoms with Crippen molar-refractivity contribution in [1.29, 1.82) is 0 Å². The Morgan fingerprint density at radius 3 is 2.30 bits per heavy atom. The van der Waals surface area contributed by atoms with Gasteiger partial charge in [0.15, 0.2) is 0 Å². The first-order valence-electron chi connectivity index (χ1n) is 6.23. The Bertz CT molecular complexity index is 601. The van der Waals surface area contributed by atoms with Crippen molar-refractivity contribution in [2.45, 2.75) is 6.42 Å². The molecular formula is C16H15NO3. The van der Waals surface area contributed by atoms with Crippen molar-refractivity contribution in [2.24, 2.45) is 0 Å². The highest BCUT2D eigenvalue weighted by atomic mass is 16.6. The number of ether oxygens (including phenoxy) is 1. The van der Waals surface area contributed by atoms with E-state index in [9.17, 15) is 10.1 Å². The molecule has 4 heteroatoms. The van der Waals surface area contributed by atoms with Gasteiger partial charge in [-0.1, -0.05) is 24.3 Å². The molecule has 0 unspecified atom stereocenters. The second-order valence-corrected chi connectivity index (χ2v) is 4.30. The van der Waals surface area contributed by atoms with Gasteiger partial charge in [0, 0.05) is 12.1 Å². The molecule has 0 saturated heterocycles. The minimum atomic E-state index is -0.398. The van der Waals surface area contributed by atoms with Crippen LogP contribution in [0.15, 0.2) is 54.6 Å². The van der Waals surface area contributed by atoms with Gasteiger partial charge in [-0.15, -0.1) is 0 Å². The van der Waals surface area contributed by atoms with Gasteiger partial charge in [0.1, 0.15) is 5.75 Å². The maximum absolute atomic E-state index is 10.5. The fraction of sp³-hybridized carbons (Fsp3) is 0.125. The first kappa shape index (κ1) is 13.8. The Hall–Kier alpha value is -2.62. The number of nitro groups is 1. The van der Waals surface area contributed by atoms with Gasteiger partial charge >= 0.3 is 0 Å². The molecule has 0 aromatic heterocycles. The summed E-state index contributed by atoms with van der Waals surface area (Å²) < 4.78 is 5.10. The number of nitrogens with zero attached hydrogens (tertiary/aromatic N) is 1. The van der Waals surface area contributed by atoms with Crippen LogP contribution < -0.4 is 4.74 Å². The molecule has 0 bridgehead atoms. The minimum absolute atomic E-state index is 0.109. The van der Waals surface area contributed by atoms with Crippen molar-refractivity contribution in [2.75, 3.05) is 7.11 Å². The second kappa shape index (κ2) is 6.52. The van der Waals surface area contributed by atoms with Crippen molar-refractivity contribution in [1.82, 2.24) is 0 Å². The summed E-state index contributed by atoms with van der Waals surface area (Å²) >= 11 is 0. The van der Waals surface area contributed by atoms with Crippen molar-refractivity contribution < 1.29 is 9.66 Å². The topological polar surface area (TPSA) is 52.4 Å². The molecule has 2 aromatic carbocycles. The van der Waals surface area contributed by atoms with Gasteiger partial charge in [0.2, 0.25) is 0 Å². The van der Waals surface area contributed by atoms with Gasteiger partial charge in [-0.3, -0.25) is 10.1 Å². The van der Waals surface area contributed by atoms with Crippen LogP contribution in [0.25, 0.3) is 6.08 Å². The summed E-state index contributed by atoms with van der Waals surface area (Å²) in [5.41, 5.74) is 2.24. The summed E-state index contributed by atoms with van der Waals surface area (Å²) in [5, 5.41) is 10.5. The van der Waals surface area contributed by atoms with Crippen molar-refractivity contribution in [3.63, 3.8) is 0 Å². The molecule has 0 heterocycles. The molecule has 0 spiro atoms. The van der Waals surface area contributed by atoms with Crippen LogP contribution >= 0.6 is 0 Å². The van der Waals surface area contributed by atoms with Crippen molar-refractivity contribution in [3.05, 3.63) is 75.8 Å². The SMILES string of the molecule is COc1ccc(C/C=C/c2ccc([N+](=O)[O-])cc2)cc1. The van der Waals surface area contributed by atoms with Gasteiger partial charge in [0.25, 0.3) is 5.69 Å². The lowest BCUT2D eigenvalue weighted by atomic mass is 10.1. The van der Waals surface area contributed by atoms with Crippen LogP contribution in [0.4, 0.5) is 5.69 Å². The molecular weight excluding hydrogens is 254 g/mol. The molecule has 4 nitrogen and oxygen atoms in total. The lowest BCUT2D eigenvalue weighted by Gasteiger charge is -2.00. The van der Waals surface area contributed by atoms with E-state index in [1.54, 1.807) is 19.2 Å².